The minimum absolute atomic E-state index is 0.0479. The molecule has 1 aromatic rings. The molecule has 21 heavy (non-hydrogen) atoms. The summed E-state index contributed by atoms with van der Waals surface area (Å²) in [7, 11) is 0. The number of nitrogens with one attached hydrogen (secondary N) is 1. The fraction of sp³-hybridized carbons (Fsp3) is 0.538. The Kier molecular flexibility index (Phi) is 5.21. The highest BCUT2D eigenvalue weighted by Gasteiger charge is 2.34. The van der Waals surface area contributed by atoms with Gasteiger partial charge in [-0.3, -0.25) is 9.69 Å². The fourth-order valence-corrected chi connectivity index (χ4v) is 2.55. The van der Waals surface area contributed by atoms with E-state index in [2.05, 4.69) is 26.2 Å². The summed E-state index contributed by atoms with van der Waals surface area (Å²) in [5, 5.41) is 2.72. The second kappa shape index (κ2) is 6.74. The Morgan fingerprint density at radius 2 is 2.24 bits per heavy atom. The van der Waals surface area contributed by atoms with Gasteiger partial charge in [-0.15, -0.1) is 0 Å². The van der Waals surface area contributed by atoms with Crippen LogP contribution < -0.4 is 5.32 Å². The highest BCUT2D eigenvalue weighted by Crippen LogP contribution is 2.22. The Labute approximate surface area is 128 Å². The molecule has 0 bridgehead atoms. The highest BCUT2D eigenvalue weighted by atomic mass is 79.9. The third kappa shape index (κ3) is 5.28. The molecule has 4 nitrogen and oxygen atoms in total. The van der Waals surface area contributed by atoms with E-state index >= 15 is 0 Å². The number of amides is 1. The zero-order valence-corrected chi connectivity index (χ0v) is 12.7. The zero-order valence-electron chi connectivity index (χ0n) is 11.2. The van der Waals surface area contributed by atoms with E-state index in [0.29, 0.717) is 31.7 Å². The van der Waals surface area contributed by atoms with E-state index in [0.717, 1.165) is 4.47 Å². The zero-order chi connectivity index (χ0) is 15.5. The fourth-order valence-electron chi connectivity index (χ4n) is 2.31. The Morgan fingerprint density at radius 1 is 1.48 bits per heavy atom. The van der Waals surface area contributed by atoms with Gasteiger partial charge in [-0.2, -0.15) is 13.2 Å². The van der Waals surface area contributed by atoms with Crippen molar-refractivity contribution in [1.82, 2.24) is 15.2 Å². The van der Waals surface area contributed by atoms with Crippen molar-refractivity contribution in [2.45, 2.75) is 12.6 Å². The van der Waals surface area contributed by atoms with Crippen LogP contribution in [0.15, 0.2) is 22.8 Å². The van der Waals surface area contributed by atoms with Crippen LogP contribution in [0, 0.1) is 5.92 Å². The van der Waals surface area contributed by atoms with Gasteiger partial charge in [-0.25, -0.2) is 4.98 Å². The number of carbonyl (C=O) groups excluding carboxylic acids is 1. The summed E-state index contributed by atoms with van der Waals surface area (Å²) in [4.78, 5) is 17.2. The summed E-state index contributed by atoms with van der Waals surface area (Å²) < 4.78 is 37.6. The maximum atomic E-state index is 12.3. The molecule has 1 unspecified atom stereocenters. The van der Waals surface area contributed by atoms with Crippen molar-refractivity contribution in [2.75, 3.05) is 26.2 Å². The molecular weight excluding hydrogens is 351 g/mol. The van der Waals surface area contributed by atoms with Crippen LogP contribution in [0.4, 0.5) is 13.2 Å². The molecule has 2 heterocycles. The molecule has 116 valence electrons. The van der Waals surface area contributed by atoms with Gasteiger partial charge in [0, 0.05) is 23.8 Å². The van der Waals surface area contributed by atoms with Crippen molar-refractivity contribution in [3.8, 4) is 0 Å². The van der Waals surface area contributed by atoms with Gasteiger partial charge in [0.05, 0.1) is 6.54 Å². The van der Waals surface area contributed by atoms with Crippen LogP contribution in [0.1, 0.15) is 16.9 Å². The molecule has 0 radical (unpaired) electrons. The molecule has 1 aliphatic heterocycles. The van der Waals surface area contributed by atoms with Crippen molar-refractivity contribution >= 4 is 21.8 Å². The van der Waals surface area contributed by atoms with Crippen LogP contribution in [0.25, 0.3) is 0 Å². The first kappa shape index (κ1) is 16.2. The topological polar surface area (TPSA) is 45.2 Å². The first-order valence-corrected chi connectivity index (χ1v) is 7.31. The summed E-state index contributed by atoms with van der Waals surface area (Å²) in [6.45, 7) is 0.251. The summed E-state index contributed by atoms with van der Waals surface area (Å²) in [6.07, 6.45) is -1.99. The molecule has 1 saturated heterocycles. The number of alkyl halides is 3. The molecule has 1 amide bonds. The van der Waals surface area contributed by atoms with E-state index < -0.39 is 12.7 Å². The number of halogens is 4. The molecule has 0 aliphatic carbocycles. The lowest BCUT2D eigenvalue weighted by atomic mass is 10.1. The van der Waals surface area contributed by atoms with Gasteiger partial charge in [0.15, 0.2) is 0 Å². The van der Waals surface area contributed by atoms with E-state index in [1.54, 1.807) is 12.1 Å². The molecule has 8 heteroatoms. The number of likely N-dealkylation sites (tertiary alicyclic amines) is 1. The van der Waals surface area contributed by atoms with Crippen molar-refractivity contribution in [3.05, 3.63) is 28.5 Å². The Balaban J connectivity index is 1.76. The molecule has 1 atom stereocenters. The van der Waals surface area contributed by atoms with Crippen molar-refractivity contribution in [2.24, 2.45) is 5.92 Å². The second-order valence-electron chi connectivity index (χ2n) is 5.08. The molecule has 0 saturated carbocycles. The number of carbonyl (C=O) groups is 1. The number of rotatable bonds is 4. The average molecular weight is 366 g/mol. The van der Waals surface area contributed by atoms with Crippen LogP contribution in [-0.4, -0.2) is 48.1 Å². The first-order chi connectivity index (χ1) is 9.83. The Bertz CT molecular complexity index is 492. The number of hydrogen-bond donors (Lipinski definition) is 1. The summed E-state index contributed by atoms with van der Waals surface area (Å²) in [5.74, 6) is -0.261. The number of pyridine rings is 1. The van der Waals surface area contributed by atoms with Crippen LogP contribution >= 0.6 is 15.9 Å². The number of hydrogen-bond acceptors (Lipinski definition) is 3. The molecule has 1 aliphatic rings. The molecule has 1 N–H and O–H groups in total. The van der Waals surface area contributed by atoms with Gasteiger partial charge in [0.25, 0.3) is 5.91 Å². The molecule has 0 spiro atoms. The quantitative estimate of drug-likeness (QED) is 0.891. The molecule has 1 aromatic heterocycles. The highest BCUT2D eigenvalue weighted by molar-refractivity contribution is 9.10. The summed E-state index contributed by atoms with van der Waals surface area (Å²) in [5.41, 5.74) is 0.295. The SMILES string of the molecule is O=C(NCC1CCN(CC(F)(F)F)C1)c1ccc(Br)cn1. The predicted molar refractivity (Wildman–Crippen MR) is 74.9 cm³/mol. The van der Waals surface area contributed by atoms with Gasteiger partial charge in [-0.1, -0.05) is 0 Å². The maximum absolute atomic E-state index is 12.3. The minimum atomic E-state index is -4.17. The van der Waals surface area contributed by atoms with Crippen LogP contribution in [0.2, 0.25) is 0 Å². The van der Waals surface area contributed by atoms with Crippen LogP contribution in [0.5, 0.6) is 0 Å². The van der Waals surface area contributed by atoms with Gasteiger partial charge in [-0.05, 0) is 46.9 Å². The monoisotopic (exact) mass is 365 g/mol. The average Bonchev–Trinajstić information content (AvgIpc) is 2.82. The minimum Gasteiger partial charge on any atom is -0.350 e. The first-order valence-electron chi connectivity index (χ1n) is 6.52. The van der Waals surface area contributed by atoms with E-state index in [1.165, 1.54) is 11.1 Å². The lowest BCUT2D eigenvalue weighted by Crippen LogP contribution is -2.34. The van der Waals surface area contributed by atoms with Crippen molar-refractivity contribution in [3.63, 3.8) is 0 Å². The summed E-state index contributed by atoms with van der Waals surface area (Å²) >= 11 is 3.23. The standard InChI is InChI=1S/C13H15BrF3N3O/c14-10-1-2-11(18-6-10)12(21)19-5-9-3-4-20(7-9)8-13(15,16)17/h1-2,6,9H,3-5,7-8H2,(H,19,21). The van der Waals surface area contributed by atoms with Gasteiger partial charge >= 0.3 is 6.18 Å². The predicted octanol–water partition coefficient (Wildman–Crippen LogP) is 2.46. The lowest BCUT2D eigenvalue weighted by Gasteiger charge is -2.17. The molecular formula is C13H15BrF3N3O. The van der Waals surface area contributed by atoms with E-state index in [4.69, 9.17) is 0 Å². The second-order valence-corrected chi connectivity index (χ2v) is 5.99. The molecule has 0 aromatic carbocycles. The van der Waals surface area contributed by atoms with Crippen molar-refractivity contribution < 1.29 is 18.0 Å². The summed E-state index contributed by atoms with van der Waals surface area (Å²) in [6, 6.07) is 3.30. The smallest absolute Gasteiger partial charge is 0.350 e. The van der Waals surface area contributed by atoms with Crippen LogP contribution in [0.3, 0.4) is 0 Å². The lowest BCUT2D eigenvalue weighted by molar-refractivity contribution is -0.143. The largest absolute Gasteiger partial charge is 0.401 e. The van der Waals surface area contributed by atoms with Gasteiger partial charge in [0.2, 0.25) is 0 Å². The van der Waals surface area contributed by atoms with E-state index in [-0.39, 0.29) is 11.8 Å². The molecule has 2 rings (SSSR count). The van der Waals surface area contributed by atoms with Crippen molar-refractivity contribution in [1.29, 1.82) is 0 Å². The van der Waals surface area contributed by atoms with E-state index in [1.807, 2.05) is 0 Å². The van der Waals surface area contributed by atoms with E-state index in [9.17, 15) is 18.0 Å². The third-order valence-corrected chi connectivity index (χ3v) is 3.75. The number of nitrogens with zero attached hydrogens (tertiary/aromatic N) is 2. The Morgan fingerprint density at radius 3 is 2.86 bits per heavy atom. The van der Waals surface area contributed by atoms with Gasteiger partial charge in [0.1, 0.15) is 5.69 Å². The number of aromatic nitrogens is 1. The van der Waals surface area contributed by atoms with Crippen LogP contribution in [-0.2, 0) is 0 Å². The normalized spacial score (nSPS) is 19.7. The maximum Gasteiger partial charge on any atom is 0.401 e. The Hall–Kier alpha value is -1.15. The third-order valence-electron chi connectivity index (χ3n) is 3.28. The molecule has 1 fully saturated rings. The van der Waals surface area contributed by atoms with Gasteiger partial charge < -0.3 is 5.32 Å².